The van der Waals surface area contributed by atoms with Crippen LogP contribution in [0.25, 0.3) is 5.82 Å². The maximum absolute atomic E-state index is 5.77. The second-order valence-electron chi connectivity index (χ2n) is 7.68. The summed E-state index contributed by atoms with van der Waals surface area (Å²) < 4.78 is 7.83. The molecule has 1 aliphatic heterocycles. The van der Waals surface area contributed by atoms with E-state index in [1.807, 2.05) is 60.9 Å². The molecule has 0 aromatic carbocycles. The molecule has 6 nitrogen and oxygen atoms in total. The van der Waals surface area contributed by atoms with Crippen LogP contribution in [0.1, 0.15) is 40.5 Å². The zero-order chi connectivity index (χ0) is 21.4. The molecule has 2 atom stereocenters. The second-order valence-corrected chi connectivity index (χ2v) is 8.07. The molecule has 31 heavy (non-hydrogen) atoms. The van der Waals surface area contributed by atoms with Gasteiger partial charge in [0.2, 0.25) is 0 Å². The predicted molar refractivity (Wildman–Crippen MR) is 123 cm³/mol. The Labute approximate surface area is 186 Å². The molecule has 2 unspecified atom stereocenters. The molecule has 1 fully saturated rings. The second kappa shape index (κ2) is 8.00. The van der Waals surface area contributed by atoms with Gasteiger partial charge < -0.3 is 19.2 Å². The largest absolute Gasteiger partial charge is 0.467 e. The van der Waals surface area contributed by atoms with Crippen LogP contribution in [-0.4, -0.2) is 24.5 Å². The number of thiocarbonyl (C=S) groups is 1. The average molecular weight is 430 g/mol. The molecule has 7 heteroatoms. The molecule has 0 spiro atoms. The molecule has 5 heterocycles. The van der Waals surface area contributed by atoms with E-state index in [2.05, 4.69) is 44.7 Å². The molecule has 4 aromatic rings. The van der Waals surface area contributed by atoms with Crippen LogP contribution in [0.4, 0.5) is 0 Å². The summed E-state index contributed by atoms with van der Waals surface area (Å²) in [6, 6.07) is 18.0. The van der Waals surface area contributed by atoms with Crippen molar-refractivity contribution in [2.75, 3.05) is 0 Å². The van der Waals surface area contributed by atoms with Crippen LogP contribution in [0, 0.1) is 13.8 Å². The number of furan rings is 1. The van der Waals surface area contributed by atoms with E-state index in [9.17, 15) is 0 Å². The lowest BCUT2D eigenvalue weighted by Gasteiger charge is -2.27. The van der Waals surface area contributed by atoms with Crippen LogP contribution in [0.2, 0.25) is 0 Å². The smallest absolute Gasteiger partial charge is 0.170 e. The van der Waals surface area contributed by atoms with Crippen LogP contribution in [-0.2, 0) is 6.54 Å². The highest BCUT2D eigenvalue weighted by Gasteiger charge is 2.41. The van der Waals surface area contributed by atoms with E-state index in [0.29, 0.717) is 11.7 Å². The SMILES string of the molecule is Cc1cc(C2C(c3ccccn3)NC(=S)N2Cc2ccco2)c(C)n1-c1ccccn1. The fourth-order valence-electron chi connectivity index (χ4n) is 4.41. The molecule has 5 rings (SSSR count). The highest BCUT2D eigenvalue weighted by atomic mass is 32.1. The summed E-state index contributed by atoms with van der Waals surface area (Å²) in [6.07, 6.45) is 5.34. The lowest BCUT2D eigenvalue weighted by molar-refractivity contribution is 0.286. The summed E-state index contributed by atoms with van der Waals surface area (Å²) in [5, 5.41) is 4.20. The van der Waals surface area contributed by atoms with E-state index in [0.717, 1.165) is 28.7 Å². The number of nitrogens with zero attached hydrogens (tertiary/aromatic N) is 4. The topological polar surface area (TPSA) is 59.1 Å². The van der Waals surface area contributed by atoms with Crippen molar-refractivity contribution < 1.29 is 4.42 Å². The number of nitrogens with one attached hydrogen (secondary N) is 1. The van der Waals surface area contributed by atoms with Crippen molar-refractivity contribution in [3.05, 3.63) is 102 Å². The van der Waals surface area contributed by atoms with Gasteiger partial charge in [-0.3, -0.25) is 4.98 Å². The number of hydrogen-bond donors (Lipinski definition) is 1. The van der Waals surface area contributed by atoms with Gasteiger partial charge in [0.05, 0.1) is 30.6 Å². The Hall–Kier alpha value is -3.45. The summed E-state index contributed by atoms with van der Waals surface area (Å²) in [5.41, 5.74) is 4.41. The molecule has 0 bridgehead atoms. The molecule has 1 aliphatic rings. The highest BCUT2D eigenvalue weighted by molar-refractivity contribution is 7.80. The third-order valence-corrected chi connectivity index (χ3v) is 6.12. The van der Waals surface area contributed by atoms with E-state index >= 15 is 0 Å². The van der Waals surface area contributed by atoms with Crippen LogP contribution in [0.3, 0.4) is 0 Å². The van der Waals surface area contributed by atoms with Crippen molar-refractivity contribution in [1.29, 1.82) is 0 Å². The minimum atomic E-state index is -0.0682. The first-order valence-electron chi connectivity index (χ1n) is 10.2. The van der Waals surface area contributed by atoms with Crippen molar-refractivity contribution in [2.24, 2.45) is 0 Å². The van der Waals surface area contributed by atoms with Gasteiger partial charge >= 0.3 is 0 Å². The lowest BCUT2D eigenvalue weighted by Crippen LogP contribution is -2.29. The molecule has 1 N–H and O–H groups in total. The van der Waals surface area contributed by atoms with Crippen LogP contribution >= 0.6 is 12.2 Å². The normalized spacial score (nSPS) is 18.4. The van der Waals surface area contributed by atoms with Gasteiger partial charge in [0.15, 0.2) is 5.11 Å². The van der Waals surface area contributed by atoms with Gasteiger partial charge in [0, 0.05) is 23.8 Å². The maximum Gasteiger partial charge on any atom is 0.170 e. The van der Waals surface area contributed by atoms with E-state index in [1.54, 1.807) is 6.26 Å². The number of rotatable bonds is 5. The van der Waals surface area contributed by atoms with Gasteiger partial charge in [-0.1, -0.05) is 12.1 Å². The summed E-state index contributed by atoms with van der Waals surface area (Å²) in [4.78, 5) is 11.4. The van der Waals surface area contributed by atoms with E-state index in [-0.39, 0.29) is 12.1 Å². The molecular weight excluding hydrogens is 406 g/mol. The standard InChI is InChI=1S/C24H23N5OS/c1-16-14-19(17(2)29(16)21-10-4-6-12-26-21)23-22(20-9-3-5-11-25-20)27-24(31)28(23)15-18-8-7-13-30-18/h3-14,22-23H,15H2,1-2H3,(H,27,31). The van der Waals surface area contributed by atoms with Crippen molar-refractivity contribution >= 4 is 17.3 Å². The van der Waals surface area contributed by atoms with Crippen LogP contribution < -0.4 is 5.32 Å². The van der Waals surface area contributed by atoms with Gasteiger partial charge in [-0.05, 0) is 74.1 Å². The number of pyridine rings is 2. The molecule has 0 radical (unpaired) electrons. The minimum Gasteiger partial charge on any atom is -0.467 e. The highest BCUT2D eigenvalue weighted by Crippen LogP contribution is 2.42. The summed E-state index contributed by atoms with van der Waals surface area (Å²) in [5.74, 6) is 1.78. The third kappa shape index (κ3) is 3.51. The molecule has 4 aromatic heterocycles. The Balaban J connectivity index is 1.62. The Morgan fingerprint density at radius 1 is 1.03 bits per heavy atom. The molecule has 0 amide bonds. The Bertz CT molecular complexity index is 1190. The van der Waals surface area contributed by atoms with E-state index in [4.69, 9.17) is 16.6 Å². The third-order valence-electron chi connectivity index (χ3n) is 5.77. The van der Waals surface area contributed by atoms with Gasteiger partial charge in [-0.25, -0.2) is 4.98 Å². The number of aryl methyl sites for hydroxylation is 1. The van der Waals surface area contributed by atoms with Gasteiger partial charge in [-0.2, -0.15) is 0 Å². The van der Waals surface area contributed by atoms with E-state index < -0.39 is 0 Å². The quantitative estimate of drug-likeness (QED) is 0.466. The molecule has 0 aliphatic carbocycles. The Kier molecular flexibility index (Phi) is 5.03. The van der Waals surface area contributed by atoms with Gasteiger partial charge in [0.1, 0.15) is 11.6 Å². The first kappa shape index (κ1) is 19.5. The molecule has 1 saturated heterocycles. The Morgan fingerprint density at radius 2 is 1.84 bits per heavy atom. The molecular formula is C24H23N5OS. The first-order chi connectivity index (χ1) is 15.1. The average Bonchev–Trinajstić information content (AvgIpc) is 3.49. The minimum absolute atomic E-state index is 0.0313. The zero-order valence-electron chi connectivity index (χ0n) is 17.4. The zero-order valence-corrected chi connectivity index (χ0v) is 18.2. The van der Waals surface area contributed by atoms with Crippen molar-refractivity contribution in [1.82, 2.24) is 24.8 Å². The van der Waals surface area contributed by atoms with Crippen LogP contribution in [0.5, 0.6) is 0 Å². The summed E-state index contributed by atoms with van der Waals surface area (Å²) in [7, 11) is 0. The monoisotopic (exact) mass is 429 g/mol. The number of hydrogen-bond acceptors (Lipinski definition) is 4. The van der Waals surface area contributed by atoms with Crippen molar-refractivity contribution in [3.8, 4) is 5.82 Å². The van der Waals surface area contributed by atoms with E-state index in [1.165, 1.54) is 5.56 Å². The first-order valence-corrected chi connectivity index (χ1v) is 10.6. The van der Waals surface area contributed by atoms with Crippen molar-refractivity contribution in [3.63, 3.8) is 0 Å². The predicted octanol–water partition coefficient (Wildman–Crippen LogP) is 4.65. The number of aromatic nitrogens is 3. The fraction of sp³-hybridized carbons (Fsp3) is 0.208. The Morgan fingerprint density at radius 3 is 2.52 bits per heavy atom. The fourth-order valence-corrected chi connectivity index (χ4v) is 4.72. The maximum atomic E-state index is 5.77. The summed E-state index contributed by atoms with van der Waals surface area (Å²) in [6.45, 7) is 4.83. The van der Waals surface area contributed by atoms with Gasteiger partial charge in [0.25, 0.3) is 0 Å². The summed E-state index contributed by atoms with van der Waals surface area (Å²) >= 11 is 5.77. The van der Waals surface area contributed by atoms with Gasteiger partial charge in [-0.15, -0.1) is 0 Å². The molecule has 156 valence electrons. The molecule has 0 saturated carbocycles. The lowest BCUT2D eigenvalue weighted by atomic mass is 9.96. The van der Waals surface area contributed by atoms with Crippen LogP contribution in [0.15, 0.2) is 77.7 Å². The van der Waals surface area contributed by atoms with Crippen molar-refractivity contribution in [2.45, 2.75) is 32.5 Å².